The highest BCUT2D eigenvalue weighted by Crippen LogP contribution is 2.23. The molecule has 5 heteroatoms. The van der Waals surface area contributed by atoms with Crippen molar-refractivity contribution in [3.05, 3.63) is 39.4 Å². The molecule has 0 saturated heterocycles. The number of aryl methyl sites for hydroxylation is 2. The van der Waals surface area contributed by atoms with Gasteiger partial charge in [0.2, 0.25) is 0 Å². The topological polar surface area (TPSA) is 75.7 Å². The summed E-state index contributed by atoms with van der Waals surface area (Å²) in [5.74, 6) is 0. The summed E-state index contributed by atoms with van der Waals surface area (Å²) in [6.07, 6.45) is 2.88. The lowest BCUT2D eigenvalue weighted by Crippen LogP contribution is -1.97. The molecule has 0 bridgehead atoms. The number of hydrogen-bond donors (Lipinski definition) is 1. The first-order valence-corrected chi connectivity index (χ1v) is 5.16. The highest BCUT2D eigenvalue weighted by Gasteiger charge is 2.15. The second kappa shape index (κ2) is 4.30. The van der Waals surface area contributed by atoms with Gasteiger partial charge in [-0.15, -0.1) is 0 Å². The minimum Gasteiger partial charge on any atom is -0.411 e. The van der Waals surface area contributed by atoms with Gasteiger partial charge in [0.25, 0.3) is 5.69 Å². The van der Waals surface area contributed by atoms with Gasteiger partial charge in [-0.25, -0.2) is 0 Å². The zero-order chi connectivity index (χ0) is 11.5. The van der Waals surface area contributed by atoms with Crippen LogP contribution in [0.1, 0.15) is 24.0 Å². The Bertz CT molecular complexity index is 455. The van der Waals surface area contributed by atoms with Crippen LogP contribution in [0, 0.1) is 10.1 Å². The highest BCUT2D eigenvalue weighted by atomic mass is 16.6. The summed E-state index contributed by atoms with van der Waals surface area (Å²) in [5.41, 5.74) is 3.00. The third kappa shape index (κ3) is 2.03. The minimum atomic E-state index is -0.383. The molecule has 0 aromatic heterocycles. The van der Waals surface area contributed by atoms with Crippen molar-refractivity contribution in [1.29, 1.82) is 0 Å². The normalized spacial score (nSPS) is 17.9. The van der Waals surface area contributed by atoms with Gasteiger partial charge in [-0.1, -0.05) is 11.2 Å². The SMILES string of the molecule is O=[N+]([O-])c1ccc2c(c1)CCC(=NO)CC2. The van der Waals surface area contributed by atoms with Gasteiger partial charge in [0, 0.05) is 12.1 Å². The van der Waals surface area contributed by atoms with E-state index in [2.05, 4.69) is 5.16 Å². The predicted molar refractivity (Wildman–Crippen MR) is 59.0 cm³/mol. The molecule has 16 heavy (non-hydrogen) atoms. The fourth-order valence-electron chi connectivity index (χ4n) is 1.99. The second-order valence-electron chi connectivity index (χ2n) is 3.88. The van der Waals surface area contributed by atoms with Crippen molar-refractivity contribution in [2.45, 2.75) is 25.7 Å². The van der Waals surface area contributed by atoms with E-state index >= 15 is 0 Å². The van der Waals surface area contributed by atoms with Crippen LogP contribution in [0.5, 0.6) is 0 Å². The summed E-state index contributed by atoms with van der Waals surface area (Å²) in [7, 11) is 0. The van der Waals surface area contributed by atoms with E-state index < -0.39 is 0 Å². The third-order valence-electron chi connectivity index (χ3n) is 2.91. The van der Waals surface area contributed by atoms with Crippen LogP contribution in [0.15, 0.2) is 23.4 Å². The molecule has 0 unspecified atom stereocenters. The Morgan fingerprint density at radius 2 is 1.88 bits per heavy atom. The molecule has 0 fully saturated rings. The summed E-state index contributed by atoms with van der Waals surface area (Å²) in [5, 5.41) is 22.6. The fourth-order valence-corrected chi connectivity index (χ4v) is 1.99. The van der Waals surface area contributed by atoms with Crippen LogP contribution in [-0.2, 0) is 12.8 Å². The largest absolute Gasteiger partial charge is 0.411 e. The lowest BCUT2D eigenvalue weighted by atomic mass is 10.0. The Morgan fingerprint density at radius 3 is 2.50 bits per heavy atom. The summed E-state index contributed by atoms with van der Waals surface area (Å²) in [6.45, 7) is 0. The van der Waals surface area contributed by atoms with Crippen molar-refractivity contribution < 1.29 is 10.1 Å². The lowest BCUT2D eigenvalue weighted by Gasteiger charge is -2.03. The first-order chi connectivity index (χ1) is 7.70. The summed E-state index contributed by atoms with van der Waals surface area (Å²) < 4.78 is 0. The molecular formula is C11H12N2O3. The van der Waals surface area contributed by atoms with Gasteiger partial charge in [-0.05, 0) is 36.8 Å². The third-order valence-corrected chi connectivity index (χ3v) is 2.91. The molecule has 2 rings (SSSR count). The summed E-state index contributed by atoms with van der Waals surface area (Å²) in [4.78, 5) is 10.3. The molecule has 5 nitrogen and oxygen atoms in total. The summed E-state index contributed by atoms with van der Waals surface area (Å²) >= 11 is 0. The fraction of sp³-hybridized carbons (Fsp3) is 0.364. The Hall–Kier alpha value is -1.91. The van der Waals surface area contributed by atoms with Crippen molar-refractivity contribution >= 4 is 11.4 Å². The minimum absolute atomic E-state index is 0.128. The van der Waals surface area contributed by atoms with E-state index in [4.69, 9.17) is 5.21 Å². The second-order valence-corrected chi connectivity index (χ2v) is 3.88. The van der Waals surface area contributed by atoms with E-state index in [-0.39, 0.29) is 10.6 Å². The van der Waals surface area contributed by atoms with Gasteiger partial charge < -0.3 is 5.21 Å². The maximum absolute atomic E-state index is 10.6. The smallest absolute Gasteiger partial charge is 0.269 e. The Kier molecular flexibility index (Phi) is 2.85. The molecule has 84 valence electrons. The molecule has 0 saturated carbocycles. The number of fused-ring (bicyclic) bond motifs is 1. The zero-order valence-electron chi connectivity index (χ0n) is 8.72. The van der Waals surface area contributed by atoms with Gasteiger partial charge in [-0.3, -0.25) is 10.1 Å². The first-order valence-electron chi connectivity index (χ1n) is 5.16. The molecule has 0 heterocycles. The monoisotopic (exact) mass is 220 g/mol. The van der Waals surface area contributed by atoms with Gasteiger partial charge in [0.15, 0.2) is 0 Å². The van der Waals surface area contributed by atoms with Crippen molar-refractivity contribution in [1.82, 2.24) is 0 Å². The highest BCUT2D eigenvalue weighted by molar-refractivity contribution is 5.85. The van der Waals surface area contributed by atoms with E-state index in [1.807, 2.05) is 0 Å². The van der Waals surface area contributed by atoms with Gasteiger partial charge in [-0.2, -0.15) is 0 Å². The zero-order valence-corrected chi connectivity index (χ0v) is 8.72. The van der Waals surface area contributed by atoms with Crippen molar-refractivity contribution in [3.63, 3.8) is 0 Å². The number of non-ortho nitro benzene ring substituents is 1. The number of benzene rings is 1. The van der Waals surface area contributed by atoms with Crippen LogP contribution in [0.25, 0.3) is 0 Å². The van der Waals surface area contributed by atoms with Crippen LogP contribution < -0.4 is 0 Å². The molecule has 1 aromatic carbocycles. The molecule has 1 aliphatic carbocycles. The molecule has 1 aromatic rings. The Balaban J connectivity index is 2.32. The van der Waals surface area contributed by atoms with Crippen LogP contribution in [0.3, 0.4) is 0 Å². The van der Waals surface area contributed by atoms with Gasteiger partial charge in [0.1, 0.15) is 0 Å². The van der Waals surface area contributed by atoms with Gasteiger partial charge in [0.05, 0.1) is 10.6 Å². The molecule has 0 aliphatic heterocycles. The summed E-state index contributed by atoms with van der Waals surface area (Å²) in [6, 6.07) is 4.95. The number of nitrogens with zero attached hydrogens (tertiary/aromatic N) is 2. The van der Waals surface area contributed by atoms with E-state index in [0.29, 0.717) is 12.8 Å². The van der Waals surface area contributed by atoms with Crippen molar-refractivity contribution in [3.8, 4) is 0 Å². The molecule has 0 amide bonds. The maximum atomic E-state index is 10.6. The van der Waals surface area contributed by atoms with Crippen LogP contribution in [0.4, 0.5) is 5.69 Å². The van der Waals surface area contributed by atoms with Crippen LogP contribution >= 0.6 is 0 Å². The number of hydrogen-bond acceptors (Lipinski definition) is 4. The number of nitro benzene ring substituents is 1. The van der Waals surface area contributed by atoms with Gasteiger partial charge >= 0.3 is 0 Å². The van der Waals surface area contributed by atoms with E-state index in [0.717, 1.165) is 29.7 Å². The lowest BCUT2D eigenvalue weighted by molar-refractivity contribution is -0.384. The molecular weight excluding hydrogens is 208 g/mol. The predicted octanol–water partition coefficient (Wildman–Crippen LogP) is 2.30. The number of nitro groups is 1. The Morgan fingerprint density at radius 1 is 1.19 bits per heavy atom. The molecule has 0 spiro atoms. The van der Waals surface area contributed by atoms with Crippen molar-refractivity contribution in [2.75, 3.05) is 0 Å². The molecule has 0 radical (unpaired) electrons. The van der Waals surface area contributed by atoms with Crippen LogP contribution in [-0.4, -0.2) is 15.8 Å². The maximum Gasteiger partial charge on any atom is 0.269 e. The number of rotatable bonds is 1. The average molecular weight is 220 g/mol. The first kappa shape index (κ1) is 10.6. The van der Waals surface area contributed by atoms with E-state index in [9.17, 15) is 10.1 Å². The van der Waals surface area contributed by atoms with Crippen molar-refractivity contribution in [2.24, 2.45) is 5.16 Å². The number of oxime groups is 1. The van der Waals surface area contributed by atoms with Crippen LogP contribution in [0.2, 0.25) is 0 Å². The Labute approximate surface area is 92.5 Å². The quantitative estimate of drug-likeness (QED) is 0.341. The molecule has 1 aliphatic rings. The standard InChI is InChI=1S/C11H12N2O3/c14-12-10-4-1-8-3-6-11(13(15)16)7-9(8)2-5-10/h3,6-7,14H,1-2,4-5H2. The van der Waals surface area contributed by atoms with E-state index in [1.165, 1.54) is 6.07 Å². The average Bonchev–Trinajstić information content (AvgIpc) is 2.50. The van der Waals surface area contributed by atoms with E-state index in [1.54, 1.807) is 12.1 Å². The molecule has 0 atom stereocenters. The molecule has 1 N–H and O–H groups in total.